The average molecular weight is 345 g/mol. The number of hydrazone groups is 1. The van der Waals surface area contributed by atoms with E-state index >= 15 is 0 Å². The Hall–Kier alpha value is -3.42. The molecule has 0 aliphatic carbocycles. The van der Waals surface area contributed by atoms with Crippen molar-refractivity contribution in [3.05, 3.63) is 59.4 Å². The minimum atomic E-state index is -0.706. The molecule has 0 aliphatic heterocycles. The van der Waals surface area contributed by atoms with Gasteiger partial charge in [-0.2, -0.15) is 5.10 Å². The van der Waals surface area contributed by atoms with Gasteiger partial charge < -0.3 is 15.2 Å². The molecular formula is C17H16FN3O4. The second kappa shape index (κ2) is 8.44. The Labute approximate surface area is 143 Å². The molecular weight excluding hydrogens is 329 g/mol. The van der Waals surface area contributed by atoms with Gasteiger partial charge in [-0.1, -0.05) is 18.2 Å². The number of rotatable bonds is 6. The Bertz CT molecular complexity index is 808. The summed E-state index contributed by atoms with van der Waals surface area (Å²) >= 11 is 0. The van der Waals surface area contributed by atoms with Crippen LogP contribution >= 0.6 is 0 Å². The molecule has 2 amide bonds. The van der Waals surface area contributed by atoms with Crippen LogP contribution in [0.3, 0.4) is 0 Å². The van der Waals surface area contributed by atoms with Crippen molar-refractivity contribution in [2.24, 2.45) is 5.10 Å². The lowest BCUT2D eigenvalue weighted by molar-refractivity contribution is -0.120. The number of ether oxygens (including phenoxy) is 1. The summed E-state index contributed by atoms with van der Waals surface area (Å²) in [5.41, 5.74) is 2.38. The summed E-state index contributed by atoms with van der Waals surface area (Å²) < 4.78 is 18.4. The minimum Gasteiger partial charge on any atom is -0.504 e. The molecule has 130 valence electrons. The fourth-order valence-corrected chi connectivity index (χ4v) is 1.92. The number of carbonyl (C=O) groups excluding carboxylic acids is 2. The van der Waals surface area contributed by atoms with E-state index in [9.17, 15) is 19.1 Å². The van der Waals surface area contributed by atoms with Gasteiger partial charge in [0.05, 0.1) is 25.4 Å². The normalized spacial score (nSPS) is 10.5. The summed E-state index contributed by atoms with van der Waals surface area (Å²) in [4.78, 5) is 23.4. The molecule has 0 aliphatic rings. The molecule has 0 bridgehead atoms. The maximum atomic E-state index is 13.4. The van der Waals surface area contributed by atoms with Gasteiger partial charge in [0.25, 0.3) is 11.8 Å². The van der Waals surface area contributed by atoms with Crippen LogP contribution in [-0.2, 0) is 4.79 Å². The van der Waals surface area contributed by atoms with Crippen molar-refractivity contribution in [2.75, 3.05) is 13.7 Å². The average Bonchev–Trinajstić information content (AvgIpc) is 2.61. The van der Waals surface area contributed by atoms with E-state index in [1.54, 1.807) is 18.2 Å². The molecule has 0 saturated carbocycles. The largest absolute Gasteiger partial charge is 0.504 e. The second-order valence-electron chi connectivity index (χ2n) is 4.85. The quantitative estimate of drug-likeness (QED) is 0.544. The van der Waals surface area contributed by atoms with E-state index in [-0.39, 0.29) is 23.6 Å². The van der Waals surface area contributed by atoms with Crippen LogP contribution in [0.2, 0.25) is 0 Å². The highest BCUT2D eigenvalue weighted by molar-refractivity contribution is 5.96. The first-order chi connectivity index (χ1) is 12.0. The lowest BCUT2D eigenvalue weighted by atomic mass is 10.2. The summed E-state index contributed by atoms with van der Waals surface area (Å²) in [5.74, 6) is -1.83. The number of hydrogen-bond acceptors (Lipinski definition) is 5. The first-order valence-electron chi connectivity index (χ1n) is 7.23. The van der Waals surface area contributed by atoms with Gasteiger partial charge in [-0.25, -0.2) is 9.82 Å². The number of phenolic OH excluding ortho intramolecular Hbond substituents is 1. The third kappa shape index (κ3) is 4.77. The second-order valence-corrected chi connectivity index (χ2v) is 4.85. The summed E-state index contributed by atoms with van der Waals surface area (Å²) in [6, 6.07) is 10.2. The first kappa shape index (κ1) is 17.9. The molecule has 0 unspecified atom stereocenters. The molecule has 0 spiro atoms. The van der Waals surface area contributed by atoms with Gasteiger partial charge in [0, 0.05) is 5.56 Å². The van der Waals surface area contributed by atoms with Crippen LogP contribution in [0.4, 0.5) is 4.39 Å². The van der Waals surface area contributed by atoms with Crippen LogP contribution < -0.4 is 15.5 Å². The summed E-state index contributed by atoms with van der Waals surface area (Å²) in [5, 5.41) is 15.8. The highest BCUT2D eigenvalue weighted by Crippen LogP contribution is 2.27. The summed E-state index contributed by atoms with van der Waals surface area (Å²) in [6.45, 7) is -0.380. The maximum absolute atomic E-state index is 13.4. The van der Waals surface area contributed by atoms with Crippen LogP contribution in [0.25, 0.3) is 0 Å². The monoisotopic (exact) mass is 345 g/mol. The van der Waals surface area contributed by atoms with E-state index in [0.29, 0.717) is 5.56 Å². The molecule has 2 aromatic rings. The lowest BCUT2D eigenvalue weighted by Crippen LogP contribution is -2.35. The van der Waals surface area contributed by atoms with Gasteiger partial charge in [-0.05, 0) is 24.3 Å². The van der Waals surface area contributed by atoms with Crippen molar-refractivity contribution in [2.45, 2.75) is 0 Å². The number of para-hydroxylation sites is 1. The number of amides is 2. The zero-order chi connectivity index (χ0) is 18.2. The van der Waals surface area contributed by atoms with Crippen LogP contribution in [0.1, 0.15) is 15.9 Å². The Balaban J connectivity index is 1.87. The molecule has 0 radical (unpaired) electrons. The number of nitrogens with zero attached hydrogens (tertiary/aromatic N) is 1. The number of carbonyl (C=O) groups is 2. The zero-order valence-electron chi connectivity index (χ0n) is 13.3. The number of phenols is 1. The Morgan fingerprint density at radius 3 is 2.72 bits per heavy atom. The van der Waals surface area contributed by atoms with E-state index in [4.69, 9.17) is 4.74 Å². The molecule has 0 fully saturated rings. The molecule has 25 heavy (non-hydrogen) atoms. The van der Waals surface area contributed by atoms with Crippen LogP contribution in [0.15, 0.2) is 47.6 Å². The van der Waals surface area contributed by atoms with Gasteiger partial charge in [-0.3, -0.25) is 9.59 Å². The molecule has 0 aromatic heterocycles. The van der Waals surface area contributed by atoms with Gasteiger partial charge in [0.2, 0.25) is 0 Å². The van der Waals surface area contributed by atoms with Crippen molar-refractivity contribution in [1.29, 1.82) is 0 Å². The van der Waals surface area contributed by atoms with Crippen LogP contribution in [-0.4, -0.2) is 36.8 Å². The fourth-order valence-electron chi connectivity index (χ4n) is 1.92. The highest BCUT2D eigenvalue weighted by Gasteiger charge is 2.11. The number of methoxy groups -OCH3 is 1. The van der Waals surface area contributed by atoms with Gasteiger partial charge in [0.1, 0.15) is 5.82 Å². The Kier molecular flexibility index (Phi) is 6.05. The van der Waals surface area contributed by atoms with Gasteiger partial charge in [0.15, 0.2) is 11.5 Å². The van der Waals surface area contributed by atoms with Crippen molar-refractivity contribution in [1.82, 2.24) is 10.7 Å². The Morgan fingerprint density at radius 2 is 2.00 bits per heavy atom. The van der Waals surface area contributed by atoms with E-state index in [0.717, 1.165) is 6.07 Å². The first-order valence-corrected chi connectivity index (χ1v) is 7.23. The van der Waals surface area contributed by atoms with E-state index < -0.39 is 17.6 Å². The van der Waals surface area contributed by atoms with E-state index in [2.05, 4.69) is 15.8 Å². The number of benzene rings is 2. The fraction of sp³-hybridized carbons (Fsp3) is 0.118. The standard InChI is InChI=1S/C17H16FN3O4/c1-25-14-8-4-5-11(16(14)23)9-20-21-15(22)10-19-17(24)12-6-2-3-7-13(12)18/h2-9,23H,10H2,1H3,(H,19,24)(H,21,22)/b20-9-. The molecule has 0 saturated heterocycles. The van der Waals surface area contributed by atoms with E-state index in [1.165, 1.54) is 31.5 Å². The predicted octanol–water partition coefficient (Wildman–Crippen LogP) is 1.42. The van der Waals surface area contributed by atoms with Crippen LogP contribution in [0.5, 0.6) is 11.5 Å². The molecule has 7 nitrogen and oxygen atoms in total. The Morgan fingerprint density at radius 1 is 1.24 bits per heavy atom. The van der Waals surface area contributed by atoms with E-state index in [1.807, 2.05) is 0 Å². The minimum absolute atomic E-state index is 0.115. The molecule has 8 heteroatoms. The maximum Gasteiger partial charge on any atom is 0.259 e. The van der Waals surface area contributed by atoms with Gasteiger partial charge in [-0.15, -0.1) is 0 Å². The number of nitrogens with one attached hydrogen (secondary N) is 2. The zero-order valence-corrected chi connectivity index (χ0v) is 13.3. The smallest absolute Gasteiger partial charge is 0.259 e. The van der Waals surface area contributed by atoms with Crippen molar-refractivity contribution in [3.8, 4) is 11.5 Å². The predicted molar refractivity (Wildman–Crippen MR) is 89.1 cm³/mol. The summed E-state index contributed by atoms with van der Waals surface area (Å²) in [6.07, 6.45) is 1.23. The molecule has 0 heterocycles. The van der Waals surface area contributed by atoms with Crippen LogP contribution in [0, 0.1) is 5.82 Å². The lowest BCUT2D eigenvalue weighted by Gasteiger charge is -2.06. The van der Waals surface area contributed by atoms with Gasteiger partial charge >= 0.3 is 0 Å². The van der Waals surface area contributed by atoms with Crippen molar-refractivity contribution in [3.63, 3.8) is 0 Å². The molecule has 2 rings (SSSR count). The SMILES string of the molecule is COc1cccc(/C=N\NC(=O)CNC(=O)c2ccccc2F)c1O. The highest BCUT2D eigenvalue weighted by atomic mass is 19.1. The molecule has 3 N–H and O–H groups in total. The van der Waals surface area contributed by atoms with Crippen molar-refractivity contribution < 1.29 is 23.8 Å². The number of halogens is 1. The molecule has 0 atom stereocenters. The summed E-state index contributed by atoms with van der Waals surface area (Å²) in [7, 11) is 1.41. The molecule has 2 aromatic carbocycles. The third-order valence-corrected chi connectivity index (χ3v) is 3.17. The number of hydrogen-bond donors (Lipinski definition) is 3. The topological polar surface area (TPSA) is 100 Å². The number of aromatic hydroxyl groups is 1. The third-order valence-electron chi connectivity index (χ3n) is 3.17. The van der Waals surface area contributed by atoms with Crippen molar-refractivity contribution >= 4 is 18.0 Å².